The number of hydrogen-bond acceptors (Lipinski definition) is 4. The molecule has 1 aromatic heterocycles. The molecule has 2 aromatic rings. The summed E-state index contributed by atoms with van der Waals surface area (Å²) in [6.45, 7) is 1.55. The first kappa shape index (κ1) is 14.4. The molecule has 1 amide bonds. The molecule has 2 aliphatic heterocycles. The van der Waals surface area contributed by atoms with Crippen LogP contribution in [0.1, 0.15) is 29.2 Å². The molecule has 0 spiro atoms. The third kappa shape index (κ3) is 2.63. The van der Waals surface area contributed by atoms with Gasteiger partial charge >= 0.3 is 0 Å². The second-order valence-electron chi connectivity index (χ2n) is 5.75. The van der Waals surface area contributed by atoms with Crippen molar-refractivity contribution in [1.82, 2.24) is 14.5 Å². The lowest BCUT2D eigenvalue weighted by Gasteiger charge is -2.33. The van der Waals surface area contributed by atoms with Gasteiger partial charge in [-0.15, -0.1) is 0 Å². The monoisotopic (exact) mass is 333 g/mol. The van der Waals surface area contributed by atoms with Gasteiger partial charge in [-0.05, 0) is 25.0 Å². The van der Waals surface area contributed by atoms with Crippen molar-refractivity contribution in [2.24, 2.45) is 0 Å². The Morgan fingerprint density at radius 2 is 2.26 bits per heavy atom. The SMILES string of the molecule is O=C(c1cc(Cl)c2c(c1)OCO2)N1CCC[C@@H](n2ccnc2)C1. The smallest absolute Gasteiger partial charge is 0.254 e. The molecule has 0 radical (unpaired) electrons. The molecule has 1 aromatic carbocycles. The number of aromatic nitrogens is 2. The lowest BCUT2D eigenvalue weighted by Crippen LogP contribution is -2.40. The van der Waals surface area contributed by atoms with Gasteiger partial charge in [-0.3, -0.25) is 4.79 Å². The van der Waals surface area contributed by atoms with Crippen LogP contribution < -0.4 is 9.47 Å². The number of ether oxygens (including phenoxy) is 2. The summed E-state index contributed by atoms with van der Waals surface area (Å²) in [5.41, 5.74) is 0.533. The van der Waals surface area contributed by atoms with Gasteiger partial charge in [0.05, 0.1) is 17.4 Å². The number of imidazole rings is 1. The Morgan fingerprint density at radius 1 is 1.35 bits per heavy atom. The van der Waals surface area contributed by atoms with Crippen molar-refractivity contribution in [1.29, 1.82) is 0 Å². The molecule has 3 heterocycles. The Morgan fingerprint density at radius 3 is 3.09 bits per heavy atom. The van der Waals surface area contributed by atoms with E-state index >= 15 is 0 Å². The third-order valence-corrected chi connectivity index (χ3v) is 4.59. The van der Waals surface area contributed by atoms with Gasteiger partial charge in [0.25, 0.3) is 5.91 Å². The molecule has 1 fully saturated rings. The summed E-state index contributed by atoms with van der Waals surface area (Å²) in [7, 11) is 0. The first-order valence-corrected chi connectivity index (χ1v) is 7.96. The van der Waals surface area contributed by atoms with E-state index in [9.17, 15) is 4.79 Å². The zero-order valence-corrected chi connectivity index (χ0v) is 13.2. The first-order chi connectivity index (χ1) is 11.2. The van der Waals surface area contributed by atoms with Gasteiger partial charge in [0.1, 0.15) is 0 Å². The van der Waals surface area contributed by atoms with E-state index < -0.39 is 0 Å². The molecule has 0 unspecified atom stereocenters. The Balaban J connectivity index is 1.56. The van der Waals surface area contributed by atoms with Crippen LogP contribution in [0, 0.1) is 0 Å². The van der Waals surface area contributed by atoms with E-state index in [1.807, 2.05) is 11.1 Å². The molecule has 6 nitrogen and oxygen atoms in total. The highest BCUT2D eigenvalue weighted by molar-refractivity contribution is 6.32. The number of piperidine rings is 1. The number of hydrogen-bond donors (Lipinski definition) is 0. The van der Waals surface area contributed by atoms with E-state index in [1.54, 1.807) is 24.7 Å². The van der Waals surface area contributed by atoms with Crippen LogP contribution in [-0.2, 0) is 0 Å². The molecular weight excluding hydrogens is 318 g/mol. The summed E-state index contributed by atoms with van der Waals surface area (Å²) in [6, 6.07) is 3.62. The molecule has 0 N–H and O–H groups in total. The summed E-state index contributed by atoms with van der Waals surface area (Å²) < 4.78 is 12.7. The fraction of sp³-hybridized carbons (Fsp3) is 0.375. The third-order valence-electron chi connectivity index (χ3n) is 4.30. The summed E-state index contributed by atoms with van der Waals surface area (Å²) >= 11 is 6.18. The number of nitrogens with zero attached hydrogens (tertiary/aromatic N) is 3. The van der Waals surface area contributed by atoms with Crippen molar-refractivity contribution < 1.29 is 14.3 Å². The largest absolute Gasteiger partial charge is 0.454 e. The molecule has 0 aliphatic carbocycles. The van der Waals surface area contributed by atoms with Crippen LogP contribution in [0.4, 0.5) is 0 Å². The van der Waals surface area contributed by atoms with Gasteiger partial charge in [0.2, 0.25) is 6.79 Å². The molecule has 120 valence electrons. The average Bonchev–Trinajstić information content (AvgIpc) is 3.25. The molecule has 23 heavy (non-hydrogen) atoms. The molecule has 1 saturated heterocycles. The molecule has 2 aliphatic rings. The van der Waals surface area contributed by atoms with Crippen LogP contribution in [0.3, 0.4) is 0 Å². The number of fused-ring (bicyclic) bond motifs is 1. The highest BCUT2D eigenvalue weighted by Crippen LogP contribution is 2.40. The normalized spacial score (nSPS) is 19.9. The highest BCUT2D eigenvalue weighted by Gasteiger charge is 2.27. The predicted molar refractivity (Wildman–Crippen MR) is 84.0 cm³/mol. The molecule has 0 bridgehead atoms. The van der Waals surface area contributed by atoms with E-state index in [0.717, 1.165) is 19.4 Å². The minimum atomic E-state index is -0.0324. The number of amides is 1. The lowest BCUT2D eigenvalue weighted by atomic mass is 10.0. The fourth-order valence-electron chi connectivity index (χ4n) is 3.14. The second-order valence-corrected chi connectivity index (χ2v) is 6.16. The lowest BCUT2D eigenvalue weighted by molar-refractivity contribution is 0.0679. The van der Waals surface area contributed by atoms with Crippen molar-refractivity contribution >= 4 is 17.5 Å². The number of halogens is 1. The molecular formula is C16H16ClN3O3. The predicted octanol–water partition coefficient (Wildman–Crippen LogP) is 2.74. The maximum atomic E-state index is 12.8. The van der Waals surface area contributed by atoms with Gasteiger partial charge in [0, 0.05) is 31.0 Å². The molecule has 0 saturated carbocycles. The maximum Gasteiger partial charge on any atom is 0.254 e. The van der Waals surface area contributed by atoms with Crippen molar-refractivity contribution in [3.8, 4) is 11.5 Å². The number of rotatable bonds is 2. The fourth-order valence-corrected chi connectivity index (χ4v) is 3.41. The molecule has 1 atom stereocenters. The van der Waals surface area contributed by atoms with Gasteiger partial charge in [0.15, 0.2) is 11.5 Å². The van der Waals surface area contributed by atoms with Crippen molar-refractivity contribution in [2.75, 3.05) is 19.9 Å². The first-order valence-electron chi connectivity index (χ1n) is 7.58. The highest BCUT2D eigenvalue weighted by atomic mass is 35.5. The van der Waals surface area contributed by atoms with Crippen molar-refractivity contribution in [3.05, 3.63) is 41.4 Å². The Labute approximate surface area is 138 Å². The van der Waals surface area contributed by atoms with Gasteiger partial charge in [-0.25, -0.2) is 4.98 Å². The standard InChI is InChI=1S/C16H16ClN3O3/c17-13-6-11(7-14-15(13)23-10-22-14)16(21)19-4-1-2-12(8-19)20-5-3-18-9-20/h3,5-7,9,12H,1-2,4,8,10H2/t12-/m1/s1. The number of carbonyl (C=O) groups excluding carboxylic acids is 1. The zero-order valence-electron chi connectivity index (χ0n) is 12.4. The number of carbonyl (C=O) groups is 1. The van der Waals surface area contributed by atoms with E-state index in [-0.39, 0.29) is 18.7 Å². The van der Waals surface area contributed by atoms with Crippen LogP contribution >= 0.6 is 11.6 Å². The van der Waals surface area contributed by atoms with Gasteiger partial charge in [-0.1, -0.05) is 11.6 Å². The Bertz CT molecular complexity index is 732. The summed E-state index contributed by atoms with van der Waals surface area (Å²) in [4.78, 5) is 18.8. The number of likely N-dealkylation sites (tertiary alicyclic amines) is 1. The Kier molecular flexibility index (Phi) is 3.61. The average molecular weight is 334 g/mol. The maximum absolute atomic E-state index is 12.8. The minimum Gasteiger partial charge on any atom is -0.454 e. The molecule has 7 heteroatoms. The van der Waals surface area contributed by atoms with Crippen LogP contribution in [-0.4, -0.2) is 40.2 Å². The van der Waals surface area contributed by atoms with Gasteiger partial charge < -0.3 is 18.9 Å². The van der Waals surface area contributed by atoms with E-state index in [4.69, 9.17) is 21.1 Å². The quantitative estimate of drug-likeness (QED) is 0.848. The van der Waals surface area contributed by atoms with Crippen LogP contribution in [0.2, 0.25) is 5.02 Å². The molecule has 4 rings (SSSR count). The second kappa shape index (κ2) is 5.77. The van der Waals surface area contributed by atoms with Crippen LogP contribution in [0.25, 0.3) is 0 Å². The van der Waals surface area contributed by atoms with Crippen LogP contribution in [0.5, 0.6) is 11.5 Å². The van der Waals surface area contributed by atoms with Crippen LogP contribution in [0.15, 0.2) is 30.9 Å². The zero-order chi connectivity index (χ0) is 15.8. The summed E-state index contributed by atoms with van der Waals surface area (Å²) in [5.74, 6) is 1.01. The summed E-state index contributed by atoms with van der Waals surface area (Å²) in [6.07, 6.45) is 7.51. The van der Waals surface area contributed by atoms with Gasteiger partial charge in [-0.2, -0.15) is 0 Å². The van der Waals surface area contributed by atoms with Crippen molar-refractivity contribution in [2.45, 2.75) is 18.9 Å². The minimum absolute atomic E-state index is 0.0324. The van der Waals surface area contributed by atoms with E-state index in [1.165, 1.54) is 0 Å². The van der Waals surface area contributed by atoms with E-state index in [2.05, 4.69) is 9.55 Å². The van der Waals surface area contributed by atoms with E-state index in [0.29, 0.717) is 28.6 Å². The summed E-state index contributed by atoms with van der Waals surface area (Å²) in [5, 5.41) is 0.409. The van der Waals surface area contributed by atoms with Crippen molar-refractivity contribution in [3.63, 3.8) is 0 Å². The Hall–Kier alpha value is -2.21. The topological polar surface area (TPSA) is 56.6 Å². The number of benzene rings is 1.